The van der Waals surface area contributed by atoms with E-state index >= 15 is 0 Å². The van der Waals surface area contributed by atoms with E-state index in [0.29, 0.717) is 84.5 Å². The molecule has 0 saturated heterocycles. The third-order valence-electron chi connectivity index (χ3n) is 8.61. The number of pyridine rings is 4. The summed E-state index contributed by atoms with van der Waals surface area (Å²) in [5.74, 6) is 0.0454. The first-order valence-electron chi connectivity index (χ1n) is 17.5. The minimum Gasteiger partial charge on any atom is -0.477 e. The lowest BCUT2D eigenvalue weighted by Gasteiger charge is -2.07. The second-order valence-corrected chi connectivity index (χ2v) is 13.2. The van der Waals surface area contributed by atoms with E-state index in [0.717, 1.165) is 37.6 Å². The third kappa shape index (κ3) is 8.95. The van der Waals surface area contributed by atoms with E-state index in [2.05, 4.69) is 65.8 Å². The minimum absolute atomic E-state index is 0.367. The van der Waals surface area contributed by atoms with E-state index in [9.17, 15) is 8.78 Å². The molecule has 0 aromatic carbocycles. The van der Waals surface area contributed by atoms with Gasteiger partial charge in [-0.25, -0.2) is 34.9 Å². The van der Waals surface area contributed by atoms with Gasteiger partial charge in [-0.05, 0) is 76.3 Å². The number of hydrogen-bond acceptors (Lipinski definition) is 10. The van der Waals surface area contributed by atoms with Crippen LogP contribution in [0.2, 0.25) is 0 Å². The van der Waals surface area contributed by atoms with Crippen LogP contribution in [-0.2, 0) is 25.7 Å². The van der Waals surface area contributed by atoms with Crippen molar-refractivity contribution < 1.29 is 18.3 Å². The zero-order chi connectivity index (χ0) is 38.1. The Balaban J connectivity index is 0.000000169. The molecule has 2 N–H and O–H groups in total. The maximum Gasteiger partial charge on any atom is 0.226 e. The number of hydrogen-bond donors (Lipinski definition) is 2. The average Bonchev–Trinajstić information content (AvgIpc) is 3.81. The molecule has 8 aromatic heterocycles. The molecule has 0 unspecified atom stereocenters. The van der Waals surface area contributed by atoms with Crippen molar-refractivity contribution in [2.45, 2.75) is 39.5 Å². The molecule has 0 bridgehead atoms. The lowest BCUT2D eigenvalue weighted by Crippen LogP contribution is -2.01. The normalized spacial score (nSPS) is 11.1. The number of aromatic amines is 2. The maximum atomic E-state index is 14.7. The number of fused-ring (bicyclic) bond motifs is 2. The van der Waals surface area contributed by atoms with Crippen LogP contribution in [0.25, 0.3) is 22.1 Å². The number of halogens is 3. The van der Waals surface area contributed by atoms with E-state index in [1.54, 1.807) is 30.7 Å². The van der Waals surface area contributed by atoms with E-state index in [1.165, 1.54) is 12.7 Å². The highest BCUT2D eigenvalue weighted by Crippen LogP contribution is 2.29. The fourth-order valence-electron chi connectivity index (χ4n) is 6.07. The molecule has 0 spiro atoms. The van der Waals surface area contributed by atoms with Gasteiger partial charge in [-0.3, -0.25) is 4.98 Å². The van der Waals surface area contributed by atoms with Crippen molar-refractivity contribution in [2.75, 3.05) is 13.2 Å². The largest absolute Gasteiger partial charge is 0.477 e. The summed E-state index contributed by atoms with van der Waals surface area (Å²) in [5.41, 5.74) is 7.38. The van der Waals surface area contributed by atoms with Gasteiger partial charge < -0.3 is 19.4 Å². The van der Waals surface area contributed by atoms with Crippen LogP contribution in [-0.4, -0.2) is 63.1 Å². The Bertz CT molecular complexity index is 2530. The zero-order valence-electron chi connectivity index (χ0n) is 29.9. The Morgan fingerprint density at radius 1 is 0.600 bits per heavy atom. The number of rotatable bonds is 12. The summed E-state index contributed by atoms with van der Waals surface area (Å²) in [6, 6.07) is 14.8. The number of ether oxygens (including phenoxy) is 2. The second-order valence-electron chi connectivity index (χ2n) is 12.4. The summed E-state index contributed by atoms with van der Waals surface area (Å²) >= 11 is 3.30. The van der Waals surface area contributed by atoms with Gasteiger partial charge in [0.15, 0.2) is 0 Å². The summed E-state index contributed by atoms with van der Waals surface area (Å²) in [6.07, 6.45) is 13.5. The third-order valence-corrected chi connectivity index (χ3v) is 9.08. The lowest BCUT2D eigenvalue weighted by molar-refractivity contribution is 0.330. The number of nitrogens with one attached hydrogen (secondary N) is 2. The Morgan fingerprint density at radius 2 is 1.15 bits per heavy atom. The van der Waals surface area contributed by atoms with Crippen molar-refractivity contribution in [3.63, 3.8) is 0 Å². The van der Waals surface area contributed by atoms with Crippen molar-refractivity contribution in [3.8, 4) is 11.8 Å². The standard InChI is InChI=1S/C20H17BrFN5O.C20H18FN5O/c1-2-28-20-17-14(10-24-19(17)25-11-26-20)8-13-4-5-15(27-18(13)22)7-12-3-6-16(21)23-9-12;1-2-27-20-17-15(11-23-19(17)24-12-25-20)9-14-5-6-16(26-18(14)21)8-13-4-3-7-22-10-13/h3-6,9-11H,2,7-8H2,1H3,(H,24,25,26);3-7,10-12H,2,8-9H2,1H3,(H,23,24,25). The highest BCUT2D eigenvalue weighted by atomic mass is 79.9. The molecule has 0 saturated carbocycles. The molecule has 8 heterocycles. The predicted molar refractivity (Wildman–Crippen MR) is 206 cm³/mol. The van der Waals surface area contributed by atoms with Crippen molar-refractivity contribution in [1.82, 2.24) is 49.8 Å². The molecule has 55 heavy (non-hydrogen) atoms. The van der Waals surface area contributed by atoms with Gasteiger partial charge in [0, 0.05) is 79.2 Å². The van der Waals surface area contributed by atoms with Crippen LogP contribution >= 0.6 is 15.9 Å². The first-order chi connectivity index (χ1) is 26.9. The lowest BCUT2D eigenvalue weighted by atomic mass is 10.1. The fraction of sp³-hybridized carbons (Fsp3) is 0.200. The summed E-state index contributed by atoms with van der Waals surface area (Å²) < 4.78 is 41.2. The fourth-order valence-corrected chi connectivity index (χ4v) is 6.30. The Kier molecular flexibility index (Phi) is 11.7. The molecule has 0 fully saturated rings. The predicted octanol–water partition coefficient (Wildman–Crippen LogP) is 7.70. The molecule has 12 nitrogen and oxygen atoms in total. The van der Waals surface area contributed by atoms with Crippen molar-refractivity contribution >= 4 is 38.0 Å². The van der Waals surface area contributed by atoms with Gasteiger partial charge in [0.1, 0.15) is 28.6 Å². The smallest absolute Gasteiger partial charge is 0.226 e. The summed E-state index contributed by atoms with van der Waals surface area (Å²) in [4.78, 5) is 39.5. The molecule has 278 valence electrons. The van der Waals surface area contributed by atoms with Gasteiger partial charge in [-0.2, -0.15) is 8.78 Å². The first kappa shape index (κ1) is 37.1. The molecule has 8 aromatic rings. The first-order valence-corrected chi connectivity index (χ1v) is 18.3. The number of aromatic nitrogens is 10. The van der Waals surface area contributed by atoms with Gasteiger partial charge in [-0.1, -0.05) is 24.3 Å². The number of H-pyrrole nitrogens is 2. The molecule has 15 heteroatoms. The topological polar surface area (TPSA) is 153 Å². The highest BCUT2D eigenvalue weighted by molar-refractivity contribution is 9.10. The van der Waals surface area contributed by atoms with Gasteiger partial charge >= 0.3 is 0 Å². The molecular formula is C40H35BrF2N10O2. The Morgan fingerprint density at radius 3 is 1.60 bits per heavy atom. The summed E-state index contributed by atoms with van der Waals surface area (Å²) in [5, 5.41) is 1.55. The quantitative estimate of drug-likeness (QED) is 0.118. The molecule has 0 radical (unpaired) electrons. The summed E-state index contributed by atoms with van der Waals surface area (Å²) in [7, 11) is 0. The molecule has 8 rings (SSSR count). The van der Waals surface area contributed by atoms with Crippen molar-refractivity contribution in [1.29, 1.82) is 0 Å². The van der Waals surface area contributed by atoms with E-state index < -0.39 is 11.9 Å². The van der Waals surface area contributed by atoms with Crippen molar-refractivity contribution in [3.05, 3.63) is 153 Å². The van der Waals surface area contributed by atoms with E-state index in [1.807, 2.05) is 62.6 Å². The molecule has 0 amide bonds. The molecule has 0 aliphatic heterocycles. The van der Waals surface area contributed by atoms with E-state index in [-0.39, 0.29) is 0 Å². The highest BCUT2D eigenvalue weighted by Gasteiger charge is 2.17. The number of nitrogens with zero attached hydrogens (tertiary/aromatic N) is 8. The van der Waals surface area contributed by atoms with Crippen LogP contribution in [0.5, 0.6) is 11.8 Å². The van der Waals surface area contributed by atoms with Crippen LogP contribution < -0.4 is 9.47 Å². The second kappa shape index (κ2) is 17.3. The summed E-state index contributed by atoms with van der Waals surface area (Å²) in [6.45, 7) is 4.77. The van der Waals surface area contributed by atoms with Gasteiger partial charge in [-0.15, -0.1) is 0 Å². The van der Waals surface area contributed by atoms with Gasteiger partial charge in [0.25, 0.3) is 0 Å². The van der Waals surface area contributed by atoms with Crippen LogP contribution in [0, 0.1) is 11.9 Å². The van der Waals surface area contributed by atoms with Crippen LogP contribution in [0.4, 0.5) is 8.78 Å². The van der Waals surface area contributed by atoms with Crippen LogP contribution in [0.1, 0.15) is 58.6 Å². The van der Waals surface area contributed by atoms with Crippen LogP contribution in [0.3, 0.4) is 0 Å². The minimum atomic E-state index is -0.480. The molecule has 0 aliphatic carbocycles. The maximum absolute atomic E-state index is 14.7. The Labute approximate surface area is 323 Å². The van der Waals surface area contributed by atoms with Crippen molar-refractivity contribution in [2.24, 2.45) is 0 Å². The van der Waals surface area contributed by atoms with Crippen LogP contribution in [0.15, 0.2) is 96.8 Å². The molecule has 0 aliphatic rings. The molecular weight excluding hydrogens is 770 g/mol. The van der Waals surface area contributed by atoms with Gasteiger partial charge in [0.2, 0.25) is 23.7 Å². The monoisotopic (exact) mass is 804 g/mol. The Hall–Kier alpha value is -6.22. The molecule has 0 atom stereocenters. The van der Waals surface area contributed by atoms with Gasteiger partial charge in [0.05, 0.1) is 24.0 Å². The SMILES string of the molecule is CCOc1ncnc2[nH]cc(Cc3ccc(Cc4ccc(Br)nc4)nc3F)c12.CCOc1ncnc2[nH]cc(Cc3ccc(Cc4cccnc4)nc3F)c12. The zero-order valence-corrected chi connectivity index (χ0v) is 31.5. The average molecular weight is 806 g/mol. The van der Waals surface area contributed by atoms with E-state index in [4.69, 9.17) is 9.47 Å².